The van der Waals surface area contributed by atoms with E-state index in [4.69, 9.17) is 10.2 Å². The average Bonchev–Trinajstić information content (AvgIpc) is 2.68. The molecular formula is C8H11NO4. The first kappa shape index (κ1) is 8.50. The number of rotatable bonds is 3. The largest absolute Gasteiger partial charge is 0.481 e. The Morgan fingerprint density at radius 2 is 2.08 bits per heavy atom. The molecule has 1 heterocycles. The van der Waals surface area contributed by atoms with E-state index in [1.54, 1.807) is 0 Å². The zero-order valence-corrected chi connectivity index (χ0v) is 6.93. The molecule has 1 saturated carbocycles. The van der Waals surface area contributed by atoms with E-state index in [9.17, 15) is 9.59 Å². The van der Waals surface area contributed by atoms with Crippen LogP contribution in [0.3, 0.4) is 0 Å². The van der Waals surface area contributed by atoms with Gasteiger partial charge in [0.05, 0.1) is 6.42 Å². The van der Waals surface area contributed by atoms with Gasteiger partial charge in [-0.2, -0.15) is 0 Å². The van der Waals surface area contributed by atoms with E-state index in [-0.39, 0.29) is 24.3 Å². The molecule has 1 aliphatic heterocycles. The summed E-state index contributed by atoms with van der Waals surface area (Å²) in [6.45, 7) is 0. The molecule has 0 aromatic carbocycles. The fraction of sp³-hybridized carbons (Fsp3) is 0.750. The van der Waals surface area contributed by atoms with Crippen molar-refractivity contribution in [1.82, 2.24) is 5.32 Å². The van der Waals surface area contributed by atoms with E-state index in [1.165, 1.54) is 0 Å². The van der Waals surface area contributed by atoms with E-state index in [0.29, 0.717) is 0 Å². The Kier molecular flexibility index (Phi) is 1.76. The van der Waals surface area contributed by atoms with Gasteiger partial charge in [0.1, 0.15) is 6.04 Å². The van der Waals surface area contributed by atoms with Gasteiger partial charge in [-0.1, -0.05) is 0 Å². The second-order valence-corrected chi connectivity index (χ2v) is 3.75. The molecule has 13 heavy (non-hydrogen) atoms. The number of hydrogen-bond acceptors (Lipinski definition) is 3. The van der Waals surface area contributed by atoms with Crippen LogP contribution in [0.2, 0.25) is 0 Å². The van der Waals surface area contributed by atoms with Crippen molar-refractivity contribution in [3.63, 3.8) is 0 Å². The predicted octanol–water partition coefficient (Wildman–Crippen LogP) is -0.478. The summed E-state index contributed by atoms with van der Waals surface area (Å²) in [5, 5.41) is 20.3. The summed E-state index contributed by atoms with van der Waals surface area (Å²) in [6.07, 6.45) is 0.896. The van der Waals surface area contributed by atoms with Crippen LogP contribution in [0.5, 0.6) is 0 Å². The van der Waals surface area contributed by atoms with Gasteiger partial charge in [-0.15, -0.1) is 0 Å². The van der Waals surface area contributed by atoms with Crippen LogP contribution in [0.15, 0.2) is 0 Å². The fourth-order valence-corrected chi connectivity index (χ4v) is 2.21. The Hall–Kier alpha value is -1.10. The molecule has 0 amide bonds. The highest BCUT2D eigenvalue weighted by Crippen LogP contribution is 2.46. The van der Waals surface area contributed by atoms with Crippen LogP contribution >= 0.6 is 0 Å². The monoisotopic (exact) mass is 185 g/mol. The van der Waals surface area contributed by atoms with Crippen molar-refractivity contribution in [3.8, 4) is 0 Å². The van der Waals surface area contributed by atoms with Crippen molar-refractivity contribution >= 4 is 11.9 Å². The van der Waals surface area contributed by atoms with E-state index >= 15 is 0 Å². The van der Waals surface area contributed by atoms with Crippen molar-refractivity contribution in [2.45, 2.75) is 24.9 Å². The lowest BCUT2D eigenvalue weighted by atomic mass is 9.94. The first-order valence-corrected chi connectivity index (χ1v) is 4.30. The number of hydrogen-bond donors (Lipinski definition) is 3. The number of aliphatic carboxylic acids is 2. The molecule has 0 spiro atoms. The summed E-state index contributed by atoms with van der Waals surface area (Å²) >= 11 is 0. The van der Waals surface area contributed by atoms with Crippen LogP contribution in [0.1, 0.15) is 12.8 Å². The van der Waals surface area contributed by atoms with Gasteiger partial charge >= 0.3 is 11.9 Å². The van der Waals surface area contributed by atoms with Crippen LogP contribution < -0.4 is 5.32 Å². The molecule has 5 heteroatoms. The predicted molar refractivity (Wildman–Crippen MR) is 42.2 cm³/mol. The van der Waals surface area contributed by atoms with Gasteiger partial charge in [0.15, 0.2) is 0 Å². The molecule has 1 aliphatic carbocycles. The molecule has 2 fully saturated rings. The second kappa shape index (κ2) is 2.70. The highest BCUT2D eigenvalue weighted by molar-refractivity contribution is 5.77. The number of fused-ring (bicyclic) bond motifs is 1. The quantitative estimate of drug-likeness (QED) is 0.553. The van der Waals surface area contributed by atoms with Crippen molar-refractivity contribution in [3.05, 3.63) is 0 Å². The Bertz CT molecular complexity index is 265. The zero-order valence-electron chi connectivity index (χ0n) is 6.93. The minimum Gasteiger partial charge on any atom is -0.481 e. The molecule has 0 radical (unpaired) electrons. The number of carbonyl (C=O) groups is 2. The Morgan fingerprint density at radius 3 is 2.62 bits per heavy atom. The summed E-state index contributed by atoms with van der Waals surface area (Å²) < 4.78 is 0. The smallest absolute Gasteiger partial charge is 0.321 e. The van der Waals surface area contributed by atoms with Crippen LogP contribution in [0, 0.1) is 11.8 Å². The maximum Gasteiger partial charge on any atom is 0.321 e. The topological polar surface area (TPSA) is 86.6 Å². The number of carboxylic acid groups (broad SMARTS) is 2. The van der Waals surface area contributed by atoms with Crippen molar-refractivity contribution in [1.29, 1.82) is 0 Å². The molecule has 1 saturated heterocycles. The zero-order chi connectivity index (χ0) is 9.59. The van der Waals surface area contributed by atoms with Crippen molar-refractivity contribution in [2.24, 2.45) is 11.8 Å². The summed E-state index contributed by atoms with van der Waals surface area (Å²) in [5.41, 5.74) is 0. The van der Waals surface area contributed by atoms with Crippen molar-refractivity contribution < 1.29 is 19.8 Å². The van der Waals surface area contributed by atoms with Gasteiger partial charge in [-0.3, -0.25) is 9.59 Å². The van der Waals surface area contributed by atoms with Gasteiger partial charge in [-0.25, -0.2) is 0 Å². The molecule has 0 aromatic rings. The lowest BCUT2D eigenvalue weighted by Gasteiger charge is -2.16. The molecule has 2 rings (SSSR count). The molecule has 5 nitrogen and oxygen atoms in total. The maximum atomic E-state index is 10.7. The third-order valence-corrected chi connectivity index (χ3v) is 2.89. The molecule has 72 valence electrons. The summed E-state index contributed by atoms with van der Waals surface area (Å²) in [5.74, 6) is -1.79. The first-order valence-electron chi connectivity index (χ1n) is 4.30. The minimum atomic E-state index is -0.932. The van der Waals surface area contributed by atoms with E-state index in [0.717, 1.165) is 6.42 Å². The molecule has 0 aromatic heterocycles. The fourth-order valence-electron chi connectivity index (χ4n) is 2.21. The van der Waals surface area contributed by atoms with Gasteiger partial charge in [0.2, 0.25) is 0 Å². The van der Waals surface area contributed by atoms with Crippen LogP contribution in [-0.2, 0) is 9.59 Å². The minimum absolute atomic E-state index is 0.0366. The van der Waals surface area contributed by atoms with Crippen LogP contribution in [-0.4, -0.2) is 34.2 Å². The number of carboxylic acids is 2. The first-order chi connectivity index (χ1) is 6.09. The molecule has 0 bridgehead atoms. The molecule has 4 atom stereocenters. The average molecular weight is 185 g/mol. The van der Waals surface area contributed by atoms with Crippen molar-refractivity contribution in [2.75, 3.05) is 0 Å². The highest BCUT2D eigenvalue weighted by Gasteiger charge is 2.55. The third-order valence-electron chi connectivity index (χ3n) is 2.89. The van der Waals surface area contributed by atoms with E-state index < -0.39 is 18.0 Å². The van der Waals surface area contributed by atoms with E-state index in [2.05, 4.69) is 5.32 Å². The molecule has 3 N–H and O–H groups in total. The standard InChI is InChI=1S/C8H11NO4/c10-6(11)2-4-3-1-5(3)9-7(4)8(12)13/h3-5,7,9H,1-2H2,(H,10,11)(H,12,13)/t3-,4+,5-,7+/m1/s1. The third kappa shape index (κ3) is 1.39. The SMILES string of the molecule is O=C(O)C[C@H]1[C@H]2C[C@H]2N[C@@H]1C(=O)O. The van der Waals surface area contributed by atoms with Crippen LogP contribution in [0.25, 0.3) is 0 Å². The number of piperidine rings is 1. The van der Waals surface area contributed by atoms with Gasteiger partial charge < -0.3 is 15.5 Å². The highest BCUT2D eigenvalue weighted by atomic mass is 16.4. The number of nitrogens with one attached hydrogen (secondary N) is 1. The lowest BCUT2D eigenvalue weighted by molar-refractivity contribution is -0.142. The van der Waals surface area contributed by atoms with Gasteiger partial charge in [0, 0.05) is 6.04 Å². The molecular weight excluding hydrogens is 174 g/mol. The van der Waals surface area contributed by atoms with Crippen LogP contribution in [0.4, 0.5) is 0 Å². The van der Waals surface area contributed by atoms with Gasteiger partial charge in [-0.05, 0) is 18.3 Å². The second-order valence-electron chi connectivity index (χ2n) is 3.75. The van der Waals surface area contributed by atoms with Gasteiger partial charge in [0.25, 0.3) is 0 Å². The lowest BCUT2D eigenvalue weighted by Crippen LogP contribution is -2.39. The Labute approximate surface area is 74.7 Å². The Balaban J connectivity index is 2.04. The normalized spacial score (nSPS) is 41.2. The summed E-state index contributed by atoms with van der Waals surface area (Å²) in [6, 6.07) is -0.398. The maximum absolute atomic E-state index is 10.7. The summed E-state index contributed by atoms with van der Waals surface area (Å²) in [4.78, 5) is 21.2. The summed E-state index contributed by atoms with van der Waals surface area (Å²) in [7, 11) is 0. The molecule has 2 aliphatic rings. The molecule has 0 unspecified atom stereocenters. The Morgan fingerprint density at radius 1 is 1.38 bits per heavy atom. The van der Waals surface area contributed by atoms with E-state index in [1.807, 2.05) is 0 Å².